The monoisotopic (exact) mass is 288 g/mol. The van der Waals surface area contributed by atoms with Crippen molar-refractivity contribution in [1.29, 1.82) is 0 Å². The fourth-order valence-corrected chi connectivity index (χ4v) is 1.97. The Balaban J connectivity index is 1.70. The number of carbonyl (C=O) groups excluding carboxylic acids is 1. The summed E-state index contributed by atoms with van der Waals surface area (Å²) in [4.78, 5) is 25.3. The average Bonchev–Trinajstić information content (AvgIpc) is 2.92. The van der Waals surface area contributed by atoms with Crippen molar-refractivity contribution in [2.24, 2.45) is 0 Å². The number of carbonyl (C=O) groups is 1. The van der Waals surface area contributed by atoms with E-state index in [4.69, 9.17) is 9.47 Å². The van der Waals surface area contributed by atoms with Gasteiger partial charge in [-0.25, -0.2) is 0 Å². The number of fused-ring (bicyclic) bond motifs is 1. The molecule has 2 aromatic rings. The first-order chi connectivity index (χ1) is 10.1. The van der Waals surface area contributed by atoms with Gasteiger partial charge in [0.15, 0.2) is 11.5 Å². The van der Waals surface area contributed by atoms with E-state index >= 15 is 0 Å². The highest BCUT2D eigenvalue weighted by Crippen LogP contribution is 2.32. The fourth-order valence-electron chi connectivity index (χ4n) is 1.97. The molecule has 21 heavy (non-hydrogen) atoms. The Morgan fingerprint density at radius 1 is 1.29 bits per heavy atom. The lowest BCUT2D eigenvalue weighted by molar-refractivity contribution is 0.0947. The molecule has 1 aromatic heterocycles. The molecule has 7 heteroatoms. The number of hydrogen-bond donors (Lipinski definition) is 3. The van der Waals surface area contributed by atoms with Gasteiger partial charge in [-0.2, -0.15) is 0 Å². The highest BCUT2D eigenvalue weighted by atomic mass is 16.7. The van der Waals surface area contributed by atoms with E-state index in [2.05, 4.69) is 10.3 Å². The summed E-state index contributed by atoms with van der Waals surface area (Å²) < 4.78 is 10.4. The van der Waals surface area contributed by atoms with E-state index in [9.17, 15) is 14.7 Å². The molecular weight excluding hydrogens is 276 g/mol. The van der Waals surface area contributed by atoms with Crippen molar-refractivity contribution in [2.75, 3.05) is 6.79 Å². The van der Waals surface area contributed by atoms with Crippen LogP contribution in [-0.2, 0) is 6.54 Å². The average molecular weight is 288 g/mol. The SMILES string of the molecule is O=C(NCc1ccc2c(c1)OCO2)c1c[nH]c(=O)cc1O. The number of nitrogens with one attached hydrogen (secondary N) is 2. The van der Waals surface area contributed by atoms with Crippen LogP contribution in [0.5, 0.6) is 17.2 Å². The summed E-state index contributed by atoms with van der Waals surface area (Å²) in [6.45, 7) is 0.449. The van der Waals surface area contributed by atoms with Crippen molar-refractivity contribution < 1.29 is 19.4 Å². The number of aromatic nitrogens is 1. The maximum atomic E-state index is 11.9. The predicted octanol–water partition coefficient (Wildman–Crippen LogP) is 0.739. The first-order valence-corrected chi connectivity index (χ1v) is 6.22. The number of benzene rings is 1. The molecular formula is C14H12N2O5. The van der Waals surface area contributed by atoms with Gasteiger partial charge in [0.05, 0.1) is 5.56 Å². The number of H-pyrrole nitrogens is 1. The Labute approximate surface area is 119 Å². The molecule has 0 bridgehead atoms. The summed E-state index contributed by atoms with van der Waals surface area (Å²) >= 11 is 0. The van der Waals surface area contributed by atoms with Crippen LogP contribution in [0.1, 0.15) is 15.9 Å². The van der Waals surface area contributed by atoms with Gasteiger partial charge in [-0.15, -0.1) is 0 Å². The van der Waals surface area contributed by atoms with E-state index in [-0.39, 0.29) is 24.7 Å². The normalized spacial score (nSPS) is 12.2. The molecule has 108 valence electrons. The second-order valence-electron chi connectivity index (χ2n) is 4.47. The molecule has 0 saturated heterocycles. The van der Waals surface area contributed by atoms with Gasteiger partial charge in [-0.3, -0.25) is 9.59 Å². The highest BCUT2D eigenvalue weighted by molar-refractivity contribution is 5.96. The zero-order valence-corrected chi connectivity index (χ0v) is 10.9. The van der Waals surface area contributed by atoms with Crippen molar-refractivity contribution in [3.63, 3.8) is 0 Å². The molecule has 1 aromatic carbocycles. The van der Waals surface area contributed by atoms with Crippen LogP contribution in [0, 0.1) is 0 Å². The molecule has 0 saturated carbocycles. The van der Waals surface area contributed by atoms with E-state index < -0.39 is 11.5 Å². The van der Waals surface area contributed by atoms with Crippen molar-refractivity contribution >= 4 is 5.91 Å². The molecule has 7 nitrogen and oxygen atoms in total. The topological polar surface area (TPSA) is 101 Å². The summed E-state index contributed by atoms with van der Waals surface area (Å²) in [5.41, 5.74) is 0.367. The van der Waals surface area contributed by atoms with E-state index in [0.29, 0.717) is 11.5 Å². The van der Waals surface area contributed by atoms with Gasteiger partial charge in [0.1, 0.15) is 5.75 Å². The smallest absolute Gasteiger partial charge is 0.256 e. The van der Waals surface area contributed by atoms with Gasteiger partial charge < -0.3 is 24.9 Å². The third kappa shape index (κ3) is 2.66. The zero-order chi connectivity index (χ0) is 14.8. The van der Waals surface area contributed by atoms with Crippen LogP contribution in [-0.4, -0.2) is 22.8 Å². The Kier molecular flexibility index (Phi) is 3.23. The number of pyridine rings is 1. The van der Waals surface area contributed by atoms with Crippen molar-refractivity contribution in [3.05, 3.63) is 51.9 Å². The molecule has 0 fully saturated rings. The second kappa shape index (κ2) is 5.20. The minimum atomic E-state index is -0.485. The first-order valence-electron chi connectivity index (χ1n) is 6.22. The van der Waals surface area contributed by atoms with Gasteiger partial charge in [0, 0.05) is 18.8 Å². The van der Waals surface area contributed by atoms with Gasteiger partial charge in [-0.05, 0) is 17.7 Å². The van der Waals surface area contributed by atoms with E-state index in [1.807, 2.05) is 0 Å². The first kappa shape index (κ1) is 13.0. The molecule has 2 heterocycles. The van der Waals surface area contributed by atoms with Crippen LogP contribution in [0.4, 0.5) is 0 Å². The number of amides is 1. The number of aromatic amines is 1. The summed E-state index contributed by atoms with van der Waals surface area (Å²) in [6, 6.07) is 6.30. The van der Waals surface area contributed by atoms with Crippen LogP contribution >= 0.6 is 0 Å². The van der Waals surface area contributed by atoms with Crippen LogP contribution < -0.4 is 20.3 Å². The largest absolute Gasteiger partial charge is 0.507 e. The van der Waals surface area contributed by atoms with Gasteiger partial charge in [0.25, 0.3) is 11.5 Å². The molecule has 0 unspecified atom stereocenters. The number of aromatic hydroxyl groups is 1. The molecule has 3 N–H and O–H groups in total. The van der Waals surface area contributed by atoms with Crippen LogP contribution in [0.15, 0.2) is 35.3 Å². The maximum Gasteiger partial charge on any atom is 0.256 e. The van der Waals surface area contributed by atoms with E-state index in [1.165, 1.54) is 6.20 Å². The Hall–Kier alpha value is -2.96. The van der Waals surface area contributed by atoms with E-state index in [1.54, 1.807) is 18.2 Å². The summed E-state index contributed by atoms with van der Waals surface area (Å²) in [5.74, 6) is 0.459. The lowest BCUT2D eigenvalue weighted by atomic mass is 10.2. The lowest BCUT2D eigenvalue weighted by Gasteiger charge is -2.07. The molecule has 0 spiro atoms. The Morgan fingerprint density at radius 3 is 2.90 bits per heavy atom. The zero-order valence-electron chi connectivity index (χ0n) is 10.9. The van der Waals surface area contributed by atoms with E-state index in [0.717, 1.165) is 11.6 Å². The van der Waals surface area contributed by atoms with Crippen molar-refractivity contribution in [2.45, 2.75) is 6.54 Å². The minimum absolute atomic E-state index is 0.00958. The number of rotatable bonds is 3. The molecule has 1 amide bonds. The molecule has 1 aliphatic rings. The molecule has 0 atom stereocenters. The molecule has 3 rings (SSSR count). The second-order valence-corrected chi connectivity index (χ2v) is 4.47. The summed E-state index contributed by atoms with van der Waals surface area (Å²) in [6.07, 6.45) is 1.17. The van der Waals surface area contributed by atoms with Gasteiger partial charge in [0.2, 0.25) is 6.79 Å². The van der Waals surface area contributed by atoms with Gasteiger partial charge in [-0.1, -0.05) is 6.07 Å². The Bertz CT molecular complexity index is 753. The molecule has 1 aliphatic heterocycles. The number of hydrogen-bond acceptors (Lipinski definition) is 5. The quantitative estimate of drug-likeness (QED) is 0.773. The third-order valence-corrected chi connectivity index (χ3v) is 3.04. The van der Waals surface area contributed by atoms with Crippen molar-refractivity contribution in [3.8, 4) is 17.2 Å². The van der Waals surface area contributed by atoms with Crippen LogP contribution in [0.25, 0.3) is 0 Å². The predicted molar refractivity (Wildman–Crippen MR) is 72.5 cm³/mol. The number of ether oxygens (including phenoxy) is 2. The van der Waals surface area contributed by atoms with Crippen LogP contribution in [0.3, 0.4) is 0 Å². The maximum absolute atomic E-state index is 11.9. The highest BCUT2D eigenvalue weighted by Gasteiger charge is 2.15. The lowest BCUT2D eigenvalue weighted by Crippen LogP contribution is -2.23. The summed E-state index contributed by atoms with van der Waals surface area (Å²) in [5, 5.41) is 12.2. The minimum Gasteiger partial charge on any atom is -0.507 e. The third-order valence-electron chi connectivity index (χ3n) is 3.04. The van der Waals surface area contributed by atoms with Crippen molar-refractivity contribution in [1.82, 2.24) is 10.3 Å². The molecule has 0 radical (unpaired) electrons. The summed E-state index contributed by atoms with van der Waals surface area (Å²) in [7, 11) is 0. The molecule has 0 aliphatic carbocycles. The van der Waals surface area contributed by atoms with Gasteiger partial charge >= 0.3 is 0 Å². The standard InChI is InChI=1S/C14H12N2O5/c17-10-4-13(18)15-6-9(10)14(19)16-5-8-1-2-11-12(3-8)21-7-20-11/h1-4,6H,5,7H2,(H,16,19)(H2,15,17,18). The fraction of sp³-hybridized carbons (Fsp3) is 0.143. The van der Waals surface area contributed by atoms with Crippen LogP contribution in [0.2, 0.25) is 0 Å². The Morgan fingerprint density at radius 2 is 2.10 bits per heavy atom.